The largest absolute Gasteiger partial charge is 0.497 e. The lowest BCUT2D eigenvalue weighted by Crippen LogP contribution is -2.32. The molecule has 0 fully saturated rings. The summed E-state index contributed by atoms with van der Waals surface area (Å²) in [7, 11) is 3.27. The molecule has 0 radical (unpaired) electrons. The van der Waals surface area contributed by atoms with E-state index >= 15 is 0 Å². The number of methoxy groups -OCH3 is 2. The van der Waals surface area contributed by atoms with E-state index in [0.29, 0.717) is 18.9 Å². The van der Waals surface area contributed by atoms with Crippen molar-refractivity contribution < 1.29 is 18.6 Å². The van der Waals surface area contributed by atoms with Gasteiger partial charge in [-0.15, -0.1) is 0 Å². The maximum absolute atomic E-state index is 12.5. The van der Waals surface area contributed by atoms with Gasteiger partial charge >= 0.3 is 5.63 Å². The molecule has 4 aromatic rings. The van der Waals surface area contributed by atoms with Crippen LogP contribution in [0, 0.1) is 0 Å². The van der Waals surface area contributed by atoms with Crippen LogP contribution in [-0.4, -0.2) is 21.0 Å². The van der Waals surface area contributed by atoms with Gasteiger partial charge in [0, 0.05) is 23.2 Å². The van der Waals surface area contributed by atoms with Crippen molar-refractivity contribution >= 4 is 16.7 Å². The van der Waals surface area contributed by atoms with Crippen LogP contribution in [0.2, 0.25) is 0 Å². The summed E-state index contributed by atoms with van der Waals surface area (Å²) < 4.78 is 22.3. The highest BCUT2D eigenvalue weighted by molar-refractivity contribution is 5.96. The molecule has 0 atom stereocenters. The van der Waals surface area contributed by atoms with Crippen LogP contribution in [0.15, 0.2) is 75.9 Å². The first kappa shape index (κ1) is 19.1. The lowest BCUT2D eigenvalue weighted by molar-refractivity contribution is 0.289. The highest BCUT2D eigenvalue weighted by atomic mass is 16.5. The number of nitrogens with zero attached hydrogens (tertiary/aromatic N) is 1. The number of rotatable bonds is 4. The van der Waals surface area contributed by atoms with Gasteiger partial charge < -0.3 is 23.5 Å². The van der Waals surface area contributed by atoms with E-state index in [1.807, 2.05) is 60.7 Å². The normalized spacial score (nSPS) is 12.9. The highest BCUT2D eigenvalue weighted by Gasteiger charge is 2.23. The van der Waals surface area contributed by atoms with Gasteiger partial charge in [0.2, 0.25) is 0 Å². The van der Waals surface area contributed by atoms with E-state index < -0.39 is 5.63 Å². The lowest BCUT2D eigenvalue weighted by Gasteiger charge is -2.31. The van der Waals surface area contributed by atoms with Crippen LogP contribution in [0.3, 0.4) is 0 Å². The zero-order valence-electron chi connectivity index (χ0n) is 17.3. The molecule has 156 valence electrons. The van der Waals surface area contributed by atoms with Gasteiger partial charge in [0.05, 0.1) is 26.3 Å². The molecule has 5 rings (SSSR count). The average molecular weight is 415 g/mol. The number of hydrogen-bond donors (Lipinski definition) is 0. The van der Waals surface area contributed by atoms with Gasteiger partial charge in [-0.25, -0.2) is 4.79 Å². The number of hydrogen-bond acceptors (Lipinski definition) is 6. The first-order valence-corrected chi connectivity index (χ1v) is 9.92. The Hall–Kier alpha value is -3.93. The third kappa shape index (κ3) is 3.46. The third-order valence-electron chi connectivity index (χ3n) is 5.52. The van der Waals surface area contributed by atoms with Crippen molar-refractivity contribution in [2.75, 3.05) is 25.9 Å². The van der Waals surface area contributed by atoms with E-state index in [1.54, 1.807) is 14.2 Å². The van der Waals surface area contributed by atoms with Gasteiger partial charge in [-0.1, -0.05) is 18.2 Å². The van der Waals surface area contributed by atoms with Crippen molar-refractivity contribution in [2.24, 2.45) is 0 Å². The fourth-order valence-electron chi connectivity index (χ4n) is 3.92. The Bertz CT molecular complexity index is 1310. The summed E-state index contributed by atoms with van der Waals surface area (Å²) in [6.45, 7) is 0.947. The molecule has 0 aliphatic carbocycles. The Balaban J connectivity index is 1.61. The number of fused-ring (bicyclic) bond motifs is 3. The number of ether oxygens (including phenoxy) is 3. The van der Waals surface area contributed by atoms with Crippen LogP contribution < -0.4 is 24.7 Å². The van der Waals surface area contributed by atoms with Gasteiger partial charge in [0.25, 0.3) is 0 Å². The number of benzene rings is 3. The van der Waals surface area contributed by atoms with Gasteiger partial charge in [0.15, 0.2) is 6.73 Å². The van der Waals surface area contributed by atoms with Crippen LogP contribution in [-0.2, 0) is 6.54 Å². The molecule has 0 saturated heterocycles. The summed E-state index contributed by atoms with van der Waals surface area (Å²) in [6, 6.07) is 20.8. The second-order valence-electron chi connectivity index (χ2n) is 7.30. The van der Waals surface area contributed by atoms with E-state index in [4.69, 9.17) is 18.6 Å². The molecule has 6 nitrogen and oxygen atoms in total. The molecule has 31 heavy (non-hydrogen) atoms. The smallest absolute Gasteiger partial charge is 0.336 e. The summed E-state index contributed by atoms with van der Waals surface area (Å²) in [4.78, 5) is 14.5. The molecule has 0 amide bonds. The van der Waals surface area contributed by atoms with E-state index in [2.05, 4.69) is 4.90 Å². The maximum atomic E-state index is 12.5. The molecule has 0 bridgehead atoms. The molecule has 0 unspecified atom stereocenters. The first-order valence-electron chi connectivity index (χ1n) is 9.92. The van der Waals surface area contributed by atoms with Gasteiger partial charge in [-0.3, -0.25) is 0 Å². The van der Waals surface area contributed by atoms with Crippen molar-refractivity contribution in [3.8, 4) is 28.4 Å². The van der Waals surface area contributed by atoms with Crippen LogP contribution in [0.1, 0.15) is 5.56 Å². The quantitative estimate of drug-likeness (QED) is 0.445. The van der Waals surface area contributed by atoms with E-state index in [-0.39, 0.29) is 0 Å². The van der Waals surface area contributed by atoms with Crippen molar-refractivity contribution in [1.29, 1.82) is 0 Å². The van der Waals surface area contributed by atoms with Gasteiger partial charge in [-0.05, 0) is 47.5 Å². The number of anilines is 1. The minimum Gasteiger partial charge on any atom is -0.497 e. The van der Waals surface area contributed by atoms with Crippen molar-refractivity contribution in [2.45, 2.75) is 6.54 Å². The SMILES string of the molecule is COc1ccc(-c2cc(=O)oc3c4c(ccc23)OCN(c2cccc(OC)c2)C4)cc1. The molecule has 1 aliphatic heterocycles. The minimum atomic E-state index is -0.398. The van der Waals surface area contributed by atoms with E-state index in [0.717, 1.165) is 45.0 Å². The highest BCUT2D eigenvalue weighted by Crippen LogP contribution is 2.37. The molecule has 0 saturated carbocycles. The predicted octanol–water partition coefficient (Wildman–Crippen LogP) is 4.83. The Morgan fingerprint density at radius 2 is 1.71 bits per heavy atom. The molecule has 0 N–H and O–H groups in total. The van der Waals surface area contributed by atoms with Crippen molar-refractivity contribution in [1.82, 2.24) is 0 Å². The third-order valence-corrected chi connectivity index (χ3v) is 5.52. The second kappa shape index (κ2) is 7.72. The molecule has 3 aromatic carbocycles. The van der Waals surface area contributed by atoms with E-state index in [9.17, 15) is 4.79 Å². The molecule has 2 heterocycles. The topological polar surface area (TPSA) is 61.1 Å². The fraction of sp³-hybridized carbons (Fsp3) is 0.160. The summed E-state index contributed by atoms with van der Waals surface area (Å²) in [5, 5.41) is 0.861. The first-order chi connectivity index (χ1) is 15.2. The molecule has 1 aliphatic rings. The Kier molecular flexibility index (Phi) is 4.75. The Morgan fingerprint density at radius 3 is 2.48 bits per heavy atom. The standard InChI is InChI=1S/C25H21NO5/c1-28-18-8-6-16(7-9-18)21-13-24(27)31-25-20(21)10-11-23-22(25)14-26(15-30-23)17-4-3-5-19(12-17)29-2/h3-13H,14-15H2,1-2H3. The predicted molar refractivity (Wildman–Crippen MR) is 119 cm³/mol. The zero-order chi connectivity index (χ0) is 21.4. The van der Waals surface area contributed by atoms with Crippen LogP contribution in [0.5, 0.6) is 17.2 Å². The minimum absolute atomic E-state index is 0.397. The maximum Gasteiger partial charge on any atom is 0.336 e. The second-order valence-corrected chi connectivity index (χ2v) is 7.30. The van der Waals surface area contributed by atoms with Gasteiger partial charge in [0.1, 0.15) is 22.8 Å². The average Bonchev–Trinajstić information content (AvgIpc) is 2.83. The molecular weight excluding hydrogens is 394 g/mol. The van der Waals surface area contributed by atoms with Crippen molar-refractivity contribution in [3.05, 3.63) is 82.7 Å². The van der Waals surface area contributed by atoms with Gasteiger partial charge in [-0.2, -0.15) is 0 Å². The van der Waals surface area contributed by atoms with Crippen LogP contribution in [0.4, 0.5) is 5.69 Å². The summed E-state index contributed by atoms with van der Waals surface area (Å²) in [5.74, 6) is 2.26. The molecule has 1 aromatic heterocycles. The summed E-state index contributed by atoms with van der Waals surface area (Å²) in [5.41, 5.74) is 3.69. The fourth-order valence-corrected chi connectivity index (χ4v) is 3.92. The summed E-state index contributed by atoms with van der Waals surface area (Å²) in [6.07, 6.45) is 0. The summed E-state index contributed by atoms with van der Waals surface area (Å²) >= 11 is 0. The molecule has 6 heteroatoms. The Morgan fingerprint density at radius 1 is 0.903 bits per heavy atom. The zero-order valence-corrected chi connectivity index (χ0v) is 17.3. The monoisotopic (exact) mass is 415 g/mol. The van der Waals surface area contributed by atoms with Crippen LogP contribution >= 0.6 is 0 Å². The van der Waals surface area contributed by atoms with Crippen LogP contribution in [0.25, 0.3) is 22.1 Å². The van der Waals surface area contributed by atoms with E-state index in [1.165, 1.54) is 6.07 Å². The van der Waals surface area contributed by atoms with Crippen molar-refractivity contribution in [3.63, 3.8) is 0 Å². The lowest BCUT2D eigenvalue weighted by atomic mass is 9.99. The molecular formula is C25H21NO5. The molecule has 0 spiro atoms. The Labute approximate surface area is 179 Å².